The molecule has 7 heteroatoms. The van der Waals surface area contributed by atoms with Gasteiger partial charge in [-0.1, -0.05) is 44.2 Å². The molecule has 0 aliphatic carbocycles. The number of amides is 2. The Bertz CT molecular complexity index is 1180. The van der Waals surface area contributed by atoms with Crippen LogP contribution in [0.25, 0.3) is 10.8 Å². The molecule has 2 N–H and O–H groups in total. The molecule has 1 saturated heterocycles. The fourth-order valence-corrected chi connectivity index (χ4v) is 4.57. The summed E-state index contributed by atoms with van der Waals surface area (Å²) in [5.74, 6) is 0.523. The second-order valence-corrected chi connectivity index (χ2v) is 9.62. The molecular formula is C27H33FN4O2. The maximum absolute atomic E-state index is 13.1. The fourth-order valence-electron chi connectivity index (χ4n) is 4.57. The number of rotatable bonds is 7. The second-order valence-electron chi connectivity index (χ2n) is 9.62. The number of aromatic nitrogens is 1. The van der Waals surface area contributed by atoms with Crippen molar-refractivity contribution in [3.8, 4) is 0 Å². The molecule has 0 unspecified atom stereocenters. The van der Waals surface area contributed by atoms with Crippen molar-refractivity contribution in [1.82, 2.24) is 14.8 Å². The van der Waals surface area contributed by atoms with Crippen LogP contribution >= 0.6 is 0 Å². The third-order valence-corrected chi connectivity index (χ3v) is 6.38. The van der Waals surface area contributed by atoms with E-state index >= 15 is 0 Å². The zero-order valence-corrected chi connectivity index (χ0v) is 19.9. The van der Waals surface area contributed by atoms with Gasteiger partial charge in [-0.15, -0.1) is 0 Å². The summed E-state index contributed by atoms with van der Waals surface area (Å²) in [5.41, 5.74) is 1.72. The molecule has 1 aliphatic rings. The topological polar surface area (TPSA) is 66.4 Å². The zero-order chi connectivity index (χ0) is 24.1. The van der Waals surface area contributed by atoms with Crippen molar-refractivity contribution in [2.75, 3.05) is 25.0 Å². The van der Waals surface area contributed by atoms with Gasteiger partial charge in [-0.05, 0) is 61.5 Å². The highest BCUT2D eigenvalue weighted by atomic mass is 19.1. The van der Waals surface area contributed by atoms with Crippen LogP contribution in [0.1, 0.15) is 32.3 Å². The number of pyridine rings is 1. The van der Waals surface area contributed by atoms with Crippen molar-refractivity contribution in [3.05, 3.63) is 76.5 Å². The third kappa shape index (κ3) is 6.03. The Kier molecular flexibility index (Phi) is 7.63. The highest BCUT2D eigenvalue weighted by molar-refractivity contribution is 6.00. The number of carbonyl (C=O) groups is 1. The molecule has 0 radical (unpaired) electrons. The van der Waals surface area contributed by atoms with Crippen LogP contribution in [-0.4, -0.2) is 35.1 Å². The molecule has 180 valence electrons. The van der Waals surface area contributed by atoms with Crippen molar-refractivity contribution < 1.29 is 9.18 Å². The van der Waals surface area contributed by atoms with Gasteiger partial charge >= 0.3 is 6.03 Å². The van der Waals surface area contributed by atoms with Crippen LogP contribution in [0.4, 0.5) is 14.9 Å². The van der Waals surface area contributed by atoms with Gasteiger partial charge in [-0.3, -0.25) is 9.69 Å². The highest BCUT2D eigenvalue weighted by Crippen LogP contribution is 2.22. The molecule has 34 heavy (non-hydrogen) atoms. The first kappa shape index (κ1) is 24.0. The van der Waals surface area contributed by atoms with E-state index in [1.54, 1.807) is 16.8 Å². The Balaban J connectivity index is 1.32. The molecule has 2 heterocycles. The van der Waals surface area contributed by atoms with E-state index in [0.29, 0.717) is 36.0 Å². The van der Waals surface area contributed by atoms with Gasteiger partial charge in [0.15, 0.2) is 0 Å². The molecule has 6 nitrogen and oxygen atoms in total. The number of anilines is 1. The number of hydrogen-bond donors (Lipinski definition) is 2. The number of fused-ring (bicyclic) bond motifs is 1. The molecule has 2 amide bonds. The van der Waals surface area contributed by atoms with Gasteiger partial charge in [0.2, 0.25) is 0 Å². The standard InChI is InChI=1S/C27H33FN4O2/c1-19(2)16-32-18-25(23-5-3-4-6-24(23)26(32)33)30-27(34)29-15-20-11-13-31(14-12-20)17-21-7-9-22(28)10-8-21/h3-10,18-20H,11-17H2,1-2H3,(H2,29,30,34). The molecule has 1 aromatic heterocycles. The molecule has 2 aromatic carbocycles. The summed E-state index contributed by atoms with van der Waals surface area (Å²) >= 11 is 0. The van der Waals surface area contributed by atoms with Crippen molar-refractivity contribution >= 4 is 22.5 Å². The maximum Gasteiger partial charge on any atom is 0.319 e. The van der Waals surface area contributed by atoms with E-state index in [9.17, 15) is 14.0 Å². The molecule has 4 rings (SSSR count). The van der Waals surface area contributed by atoms with Gasteiger partial charge in [-0.25, -0.2) is 9.18 Å². The third-order valence-electron chi connectivity index (χ3n) is 6.38. The number of benzene rings is 2. The number of urea groups is 1. The lowest BCUT2D eigenvalue weighted by Crippen LogP contribution is -2.39. The lowest BCUT2D eigenvalue weighted by atomic mass is 9.96. The van der Waals surface area contributed by atoms with Crippen LogP contribution in [0.2, 0.25) is 0 Å². The van der Waals surface area contributed by atoms with E-state index in [4.69, 9.17) is 0 Å². The van der Waals surface area contributed by atoms with E-state index in [2.05, 4.69) is 29.4 Å². The maximum atomic E-state index is 13.1. The van der Waals surface area contributed by atoms with Crippen molar-refractivity contribution in [2.24, 2.45) is 11.8 Å². The molecular weight excluding hydrogens is 431 g/mol. The predicted molar refractivity (Wildman–Crippen MR) is 134 cm³/mol. The molecule has 0 spiro atoms. The van der Waals surface area contributed by atoms with E-state index in [1.807, 2.05) is 30.3 Å². The fraction of sp³-hybridized carbons (Fsp3) is 0.407. The first-order chi connectivity index (χ1) is 16.4. The number of halogens is 1. The Morgan fingerprint density at radius 2 is 1.74 bits per heavy atom. The minimum atomic E-state index is -0.256. The second kappa shape index (κ2) is 10.8. The average Bonchev–Trinajstić information content (AvgIpc) is 2.83. The smallest absolute Gasteiger partial charge is 0.319 e. The van der Waals surface area contributed by atoms with Crippen LogP contribution in [0.3, 0.4) is 0 Å². The Labute approximate surface area is 199 Å². The molecule has 1 fully saturated rings. The summed E-state index contributed by atoms with van der Waals surface area (Å²) < 4.78 is 14.8. The summed E-state index contributed by atoms with van der Waals surface area (Å²) in [6, 6.07) is 13.8. The number of carbonyl (C=O) groups excluding carboxylic acids is 1. The number of hydrogen-bond acceptors (Lipinski definition) is 3. The van der Waals surface area contributed by atoms with E-state index in [1.165, 1.54) is 12.1 Å². The van der Waals surface area contributed by atoms with Gasteiger partial charge in [0.1, 0.15) is 5.82 Å². The van der Waals surface area contributed by atoms with Crippen LogP contribution in [0.15, 0.2) is 59.5 Å². The minimum absolute atomic E-state index is 0.0392. The number of piperidine rings is 1. The SMILES string of the molecule is CC(C)Cn1cc(NC(=O)NCC2CCN(Cc3ccc(F)cc3)CC2)c2ccccc2c1=O. The highest BCUT2D eigenvalue weighted by Gasteiger charge is 2.20. The average molecular weight is 465 g/mol. The summed E-state index contributed by atoms with van der Waals surface area (Å²) in [6.45, 7) is 8.06. The number of likely N-dealkylation sites (tertiary alicyclic amines) is 1. The van der Waals surface area contributed by atoms with Crippen LogP contribution in [0.5, 0.6) is 0 Å². The first-order valence-corrected chi connectivity index (χ1v) is 12.0. The normalized spacial score (nSPS) is 15.1. The molecule has 3 aromatic rings. The van der Waals surface area contributed by atoms with Crippen LogP contribution < -0.4 is 16.2 Å². The van der Waals surface area contributed by atoms with Crippen molar-refractivity contribution in [1.29, 1.82) is 0 Å². The predicted octanol–water partition coefficient (Wildman–Crippen LogP) is 4.83. The van der Waals surface area contributed by atoms with Crippen molar-refractivity contribution in [2.45, 2.75) is 39.8 Å². The Morgan fingerprint density at radius 3 is 2.41 bits per heavy atom. The lowest BCUT2D eigenvalue weighted by molar-refractivity contribution is 0.175. The van der Waals surface area contributed by atoms with E-state index in [0.717, 1.165) is 43.4 Å². The summed E-state index contributed by atoms with van der Waals surface area (Å²) in [7, 11) is 0. The van der Waals surface area contributed by atoms with Gasteiger partial charge in [-0.2, -0.15) is 0 Å². The van der Waals surface area contributed by atoms with Crippen LogP contribution in [0, 0.1) is 17.7 Å². The van der Waals surface area contributed by atoms with Gasteiger partial charge in [0.05, 0.1) is 5.69 Å². The van der Waals surface area contributed by atoms with E-state index in [-0.39, 0.29) is 17.4 Å². The summed E-state index contributed by atoms with van der Waals surface area (Å²) in [6.07, 6.45) is 3.76. The molecule has 0 saturated carbocycles. The quantitative estimate of drug-likeness (QED) is 0.526. The summed E-state index contributed by atoms with van der Waals surface area (Å²) in [4.78, 5) is 27.9. The summed E-state index contributed by atoms with van der Waals surface area (Å²) in [5, 5.41) is 7.33. The van der Waals surface area contributed by atoms with Gasteiger partial charge < -0.3 is 15.2 Å². The molecule has 1 aliphatic heterocycles. The Morgan fingerprint density at radius 1 is 1.06 bits per heavy atom. The zero-order valence-electron chi connectivity index (χ0n) is 19.9. The van der Waals surface area contributed by atoms with Gasteiger partial charge in [0.25, 0.3) is 5.56 Å². The number of nitrogens with zero attached hydrogens (tertiary/aromatic N) is 2. The van der Waals surface area contributed by atoms with Crippen molar-refractivity contribution in [3.63, 3.8) is 0 Å². The van der Waals surface area contributed by atoms with Crippen LogP contribution in [-0.2, 0) is 13.1 Å². The minimum Gasteiger partial charge on any atom is -0.338 e. The monoisotopic (exact) mass is 464 g/mol. The molecule has 0 bridgehead atoms. The van der Waals surface area contributed by atoms with Gasteiger partial charge in [0, 0.05) is 36.6 Å². The largest absolute Gasteiger partial charge is 0.338 e. The first-order valence-electron chi connectivity index (χ1n) is 12.0. The molecule has 0 atom stereocenters. The van der Waals surface area contributed by atoms with E-state index < -0.39 is 0 Å². The Hall–Kier alpha value is -3.19. The number of nitrogens with one attached hydrogen (secondary N) is 2. The lowest BCUT2D eigenvalue weighted by Gasteiger charge is -2.32.